The summed E-state index contributed by atoms with van der Waals surface area (Å²) in [6.07, 6.45) is -8.99. The van der Waals surface area contributed by atoms with Gasteiger partial charge in [0, 0.05) is 6.42 Å². The van der Waals surface area contributed by atoms with Crippen molar-refractivity contribution < 1.29 is 49.9 Å². The molecule has 0 bridgehead atoms. The molecule has 2 atom stereocenters. The molecule has 1 aliphatic rings. The SMILES string of the molecule is [B]Cc1c([B])c(C[B])c(C(=O)OC(CS(=O)(=O)O)C(F)(F)F)c(C(=O)OCC2(C)CCO2)c1[B]. The summed E-state index contributed by atoms with van der Waals surface area (Å²) in [6.45, 7) is 1.80. The molecule has 1 fully saturated rings. The highest BCUT2D eigenvalue weighted by molar-refractivity contribution is 7.85. The fourth-order valence-corrected chi connectivity index (χ4v) is 3.84. The molecule has 2 unspecified atom stereocenters. The first-order valence-corrected chi connectivity index (χ1v) is 11.3. The molecular formula is C18H17B4F3O8S. The van der Waals surface area contributed by atoms with Gasteiger partial charge in [-0.15, -0.1) is 0 Å². The van der Waals surface area contributed by atoms with E-state index in [-0.39, 0.29) is 29.5 Å². The van der Waals surface area contributed by atoms with Gasteiger partial charge in [0.05, 0.1) is 33.4 Å². The van der Waals surface area contributed by atoms with Crippen molar-refractivity contribution in [2.75, 3.05) is 19.0 Å². The Morgan fingerprint density at radius 2 is 1.68 bits per heavy atom. The second-order valence-electron chi connectivity index (χ2n) is 7.75. The van der Waals surface area contributed by atoms with Gasteiger partial charge in [-0.2, -0.15) is 21.6 Å². The molecule has 0 saturated carbocycles. The van der Waals surface area contributed by atoms with E-state index in [1.54, 1.807) is 6.92 Å². The lowest BCUT2D eigenvalue weighted by molar-refractivity contribution is -0.197. The van der Waals surface area contributed by atoms with Crippen molar-refractivity contribution >= 4 is 64.4 Å². The van der Waals surface area contributed by atoms with Crippen LogP contribution >= 0.6 is 0 Å². The molecule has 1 N–H and O–H groups in total. The first-order chi connectivity index (χ1) is 15.5. The second kappa shape index (κ2) is 10.4. The Kier molecular flexibility index (Phi) is 8.64. The molecule has 176 valence electrons. The number of carbonyl (C=O) groups is 2. The van der Waals surface area contributed by atoms with Gasteiger partial charge < -0.3 is 14.2 Å². The fourth-order valence-electron chi connectivity index (χ4n) is 3.20. The van der Waals surface area contributed by atoms with Gasteiger partial charge >= 0.3 is 18.1 Å². The first kappa shape index (κ1) is 28.3. The van der Waals surface area contributed by atoms with Crippen LogP contribution in [-0.2, 0) is 37.0 Å². The Hall–Kier alpha value is -1.92. The third-order valence-corrected chi connectivity index (χ3v) is 5.90. The minimum atomic E-state index is -5.39. The van der Waals surface area contributed by atoms with Crippen LogP contribution in [0.1, 0.15) is 45.2 Å². The quantitative estimate of drug-likeness (QED) is 0.262. The largest absolute Gasteiger partial charge is 0.459 e. The van der Waals surface area contributed by atoms with E-state index in [2.05, 4.69) is 4.74 Å². The minimum absolute atomic E-state index is 0.0136. The van der Waals surface area contributed by atoms with E-state index in [4.69, 9.17) is 45.4 Å². The normalized spacial score (nSPS) is 19.2. The third-order valence-electron chi connectivity index (χ3n) is 5.18. The number of halogens is 3. The van der Waals surface area contributed by atoms with E-state index in [1.165, 1.54) is 0 Å². The lowest BCUT2D eigenvalue weighted by Gasteiger charge is -2.37. The highest BCUT2D eigenvalue weighted by atomic mass is 32.2. The Bertz CT molecular complexity index is 1070. The van der Waals surface area contributed by atoms with E-state index < -0.39 is 68.6 Å². The topological polar surface area (TPSA) is 116 Å². The third kappa shape index (κ3) is 6.39. The van der Waals surface area contributed by atoms with Crippen LogP contribution in [0.4, 0.5) is 13.2 Å². The van der Waals surface area contributed by atoms with E-state index in [1.807, 2.05) is 0 Å². The number of hydrogen-bond donors (Lipinski definition) is 1. The summed E-state index contributed by atoms with van der Waals surface area (Å²) in [5, 5.41) is 0. The molecule has 1 aliphatic heterocycles. The van der Waals surface area contributed by atoms with Crippen LogP contribution < -0.4 is 10.9 Å². The molecule has 1 aromatic rings. The number of rotatable bonds is 9. The number of carbonyl (C=O) groups excluding carboxylic acids is 2. The van der Waals surface area contributed by atoms with Crippen molar-refractivity contribution in [3.05, 3.63) is 22.3 Å². The first-order valence-electron chi connectivity index (χ1n) is 9.71. The summed E-state index contributed by atoms with van der Waals surface area (Å²) < 4.78 is 85.5. The van der Waals surface area contributed by atoms with Gasteiger partial charge in [0.2, 0.25) is 6.10 Å². The zero-order valence-corrected chi connectivity index (χ0v) is 18.8. The van der Waals surface area contributed by atoms with Crippen LogP contribution in [0.15, 0.2) is 0 Å². The highest BCUT2D eigenvalue weighted by Crippen LogP contribution is 2.28. The van der Waals surface area contributed by atoms with Gasteiger partial charge in [-0.1, -0.05) is 29.1 Å². The maximum atomic E-state index is 13.3. The Balaban J connectivity index is 2.59. The summed E-state index contributed by atoms with van der Waals surface area (Å²) in [5.74, 6) is -5.02. The highest BCUT2D eigenvalue weighted by Gasteiger charge is 2.46. The molecule has 0 spiro atoms. The smallest absolute Gasteiger partial charge is 0.426 e. The molecule has 0 aromatic heterocycles. The maximum Gasteiger partial charge on any atom is 0.426 e. The average molecular weight is 494 g/mol. The molecule has 16 heteroatoms. The molecule has 1 aromatic carbocycles. The lowest BCUT2D eigenvalue weighted by atomic mass is 9.68. The van der Waals surface area contributed by atoms with Crippen LogP contribution in [0.5, 0.6) is 0 Å². The molecule has 0 aliphatic carbocycles. The molecule has 8 radical (unpaired) electrons. The van der Waals surface area contributed by atoms with Gasteiger partial charge in [0.15, 0.2) is 0 Å². The monoisotopic (exact) mass is 494 g/mol. The molecule has 34 heavy (non-hydrogen) atoms. The van der Waals surface area contributed by atoms with Crippen molar-refractivity contribution in [1.29, 1.82) is 0 Å². The Morgan fingerprint density at radius 1 is 1.12 bits per heavy atom. The lowest BCUT2D eigenvalue weighted by Crippen LogP contribution is -2.46. The fraction of sp³-hybridized carbons (Fsp3) is 0.556. The van der Waals surface area contributed by atoms with Crippen molar-refractivity contribution in [1.82, 2.24) is 0 Å². The second-order valence-corrected chi connectivity index (χ2v) is 9.25. The predicted octanol–water partition coefficient (Wildman–Crippen LogP) is -1.08. The van der Waals surface area contributed by atoms with Crippen molar-refractivity contribution in [3.8, 4) is 0 Å². The number of benzene rings is 1. The van der Waals surface area contributed by atoms with Crippen LogP contribution in [0.25, 0.3) is 0 Å². The average Bonchev–Trinajstić information content (AvgIpc) is 2.68. The van der Waals surface area contributed by atoms with Gasteiger partial charge in [0.1, 0.15) is 33.7 Å². The molecule has 1 heterocycles. The standard InChI is InChI=1S/C18H17B4F3O8S/c1-17(2-3-32-17)7-31-15(26)12-11(8(4-19)13(21)9(5-20)14(12)22)16(27)33-10(18(23,24)25)6-34(28,29)30/h10H,2-7H2,1H3,(H,28,29,30). The number of alkyl halides is 3. The molecule has 1 saturated heterocycles. The molecular weight excluding hydrogens is 476 g/mol. The molecule has 0 amide bonds. The van der Waals surface area contributed by atoms with E-state index in [0.717, 1.165) is 0 Å². The zero-order valence-electron chi connectivity index (χ0n) is 18.0. The van der Waals surface area contributed by atoms with Crippen molar-refractivity contribution in [3.63, 3.8) is 0 Å². The van der Waals surface area contributed by atoms with Gasteiger partial charge in [-0.25, -0.2) is 9.59 Å². The van der Waals surface area contributed by atoms with Crippen LogP contribution in [0.2, 0.25) is 0 Å². The number of ether oxygens (including phenoxy) is 3. The summed E-state index contributed by atoms with van der Waals surface area (Å²) in [4.78, 5) is 25.7. The summed E-state index contributed by atoms with van der Waals surface area (Å²) in [6, 6.07) is 0. The summed E-state index contributed by atoms with van der Waals surface area (Å²) in [7, 11) is 17.9. The zero-order chi connectivity index (χ0) is 26.1. The van der Waals surface area contributed by atoms with E-state index in [0.29, 0.717) is 13.0 Å². The summed E-state index contributed by atoms with van der Waals surface area (Å²) in [5.41, 5.74) is -3.39. The maximum absolute atomic E-state index is 13.3. The van der Waals surface area contributed by atoms with Gasteiger partial charge in [-0.3, -0.25) is 4.55 Å². The Morgan fingerprint density at radius 3 is 2.09 bits per heavy atom. The van der Waals surface area contributed by atoms with E-state index in [9.17, 15) is 31.2 Å². The number of hydrogen-bond acceptors (Lipinski definition) is 7. The number of esters is 2. The van der Waals surface area contributed by atoms with E-state index >= 15 is 0 Å². The molecule has 8 nitrogen and oxygen atoms in total. The van der Waals surface area contributed by atoms with Crippen molar-refractivity contribution in [2.45, 2.75) is 43.9 Å². The summed E-state index contributed by atoms with van der Waals surface area (Å²) >= 11 is 0. The van der Waals surface area contributed by atoms with Crippen LogP contribution in [0.3, 0.4) is 0 Å². The minimum Gasteiger partial charge on any atom is -0.459 e. The predicted molar refractivity (Wildman–Crippen MR) is 117 cm³/mol. The molecule has 2 rings (SSSR count). The van der Waals surface area contributed by atoms with Crippen molar-refractivity contribution in [2.24, 2.45) is 0 Å². The Labute approximate surface area is 199 Å². The van der Waals surface area contributed by atoms with Gasteiger partial charge in [-0.05, 0) is 12.5 Å². The van der Waals surface area contributed by atoms with Gasteiger partial charge in [0.25, 0.3) is 10.1 Å². The van der Waals surface area contributed by atoms with Crippen LogP contribution in [0, 0.1) is 0 Å². The van der Waals surface area contributed by atoms with Crippen LogP contribution in [-0.4, -0.2) is 93.1 Å².